The van der Waals surface area contributed by atoms with Crippen LogP contribution in [-0.2, 0) is 6.61 Å². The molecule has 5 rings (SSSR count). The average molecular weight is 485 g/mol. The van der Waals surface area contributed by atoms with Gasteiger partial charge in [-0.15, -0.1) is 10.2 Å². The molecule has 0 aliphatic rings. The standard InChI is InChI=1S/C27H21ClN4OS/c28-22-13-15-23(16-14-22)32-25(19-33-24-12-4-10-21-11-5-17-29-26(21)24)30-31-27(32)34-18-6-9-20-7-2-1-3-8-20/h1-17H,18-19H2. The van der Waals surface area contributed by atoms with Crippen LogP contribution >= 0.6 is 23.4 Å². The maximum atomic E-state index is 6.15. The number of halogens is 1. The summed E-state index contributed by atoms with van der Waals surface area (Å²) in [6, 6.07) is 27.7. The average Bonchev–Trinajstić information content (AvgIpc) is 3.29. The maximum absolute atomic E-state index is 6.15. The first-order valence-electron chi connectivity index (χ1n) is 10.8. The third kappa shape index (κ3) is 5.14. The second kappa shape index (κ2) is 10.5. The Kier molecular flexibility index (Phi) is 6.89. The monoisotopic (exact) mass is 484 g/mol. The molecule has 2 aromatic heterocycles. The molecule has 0 N–H and O–H groups in total. The van der Waals surface area contributed by atoms with Crippen molar-refractivity contribution in [2.45, 2.75) is 11.8 Å². The zero-order chi connectivity index (χ0) is 23.2. The van der Waals surface area contributed by atoms with E-state index in [1.807, 2.05) is 77.4 Å². The van der Waals surface area contributed by atoms with Gasteiger partial charge in [-0.05, 0) is 42.0 Å². The van der Waals surface area contributed by atoms with E-state index in [9.17, 15) is 0 Å². The summed E-state index contributed by atoms with van der Waals surface area (Å²) in [5, 5.41) is 11.4. The Bertz CT molecular complexity index is 1410. The van der Waals surface area contributed by atoms with Gasteiger partial charge in [-0.2, -0.15) is 0 Å². The smallest absolute Gasteiger partial charge is 0.196 e. The Hall–Kier alpha value is -3.61. The van der Waals surface area contributed by atoms with Crippen LogP contribution < -0.4 is 4.74 Å². The van der Waals surface area contributed by atoms with Gasteiger partial charge in [-0.1, -0.05) is 84.0 Å². The van der Waals surface area contributed by atoms with Crippen LogP contribution in [0.25, 0.3) is 22.7 Å². The zero-order valence-electron chi connectivity index (χ0n) is 18.2. The molecule has 5 nitrogen and oxygen atoms in total. The van der Waals surface area contributed by atoms with E-state index in [2.05, 4.69) is 39.5 Å². The summed E-state index contributed by atoms with van der Waals surface area (Å²) in [4.78, 5) is 4.47. The SMILES string of the molecule is Clc1ccc(-n2c(COc3cccc4cccnc34)nnc2SCC=Cc2ccccc2)cc1. The Morgan fingerprint density at radius 2 is 1.71 bits per heavy atom. The van der Waals surface area contributed by atoms with Gasteiger partial charge >= 0.3 is 0 Å². The second-order valence-corrected chi connectivity index (χ2v) is 8.88. The molecule has 168 valence electrons. The molecule has 34 heavy (non-hydrogen) atoms. The summed E-state index contributed by atoms with van der Waals surface area (Å²) in [6.07, 6.45) is 6.00. The number of hydrogen-bond donors (Lipinski definition) is 0. The van der Waals surface area contributed by atoms with E-state index in [0.29, 0.717) is 16.6 Å². The Labute approximate surface area is 207 Å². The van der Waals surface area contributed by atoms with Crippen LogP contribution in [0.15, 0.2) is 102 Å². The Morgan fingerprint density at radius 3 is 2.56 bits per heavy atom. The van der Waals surface area contributed by atoms with Crippen LogP contribution in [0, 0.1) is 0 Å². The van der Waals surface area contributed by atoms with E-state index in [1.54, 1.807) is 18.0 Å². The van der Waals surface area contributed by atoms with Crippen molar-refractivity contribution in [3.05, 3.63) is 114 Å². The summed E-state index contributed by atoms with van der Waals surface area (Å²) in [5.74, 6) is 2.17. The normalized spacial score (nSPS) is 11.3. The van der Waals surface area contributed by atoms with Crippen molar-refractivity contribution in [1.82, 2.24) is 19.7 Å². The van der Waals surface area contributed by atoms with Crippen molar-refractivity contribution < 1.29 is 4.74 Å². The number of ether oxygens (including phenoxy) is 1. The lowest BCUT2D eigenvalue weighted by Crippen LogP contribution is -2.07. The maximum Gasteiger partial charge on any atom is 0.196 e. The molecule has 0 aliphatic carbocycles. The lowest BCUT2D eigenvalue weighted by molar-refractivity contribution is 0.296. The predicted octanol–water partition coefficient (Wildman–Crippen LogP) is 6.85. The first-order valence-corrected chi connectivity index (χ1v) is 12.2. The van der Waals surface area contributed by atoms with Gasteiger partial charge in [0.25, 0.3) is 0 Å². The first-order chi connectivity index (χ1) is 16.8. The van der Waals surface area contributed by atoms with Crippen molar-refractivity contribution in [3.8, 4) is 11.4 Å². The third-order valence-electron chi connectivity index (χ3n) is 5.16. The summed E-state index contributed by atoms with van der Waals surface area (Å²) in [6.45, 7) is 0.256. The molecular formula is C27H21ClN4OS. The van der Waals surface area contributed by atoms with Crippen LogP contribution in [0.2, 0.25) is 5.02 Å². The molecule has 7 heteroatoms. The lowest BCUT2D eigenvalue weighted by atomic mass is 10.2. The molecule has 0 spiro atoms. The fraction of sp³-hybridized carbons (Fsp3) is 0.0741. The van der Waals surface area contributed by atoms with Crippen molar-refractivity contribution in [3.63, 3.8) is 0 Å². The number of nitrogens with zero attached hydrogens (tertiary/aromatic N) is 4. The molecule has 0 aliphatic heterocycles. The highest BCUT2D eigenvalue weighted by atomic mass is 35.5. The topological polar surface area (TPSA) is 52.8 Å². The number of thioether (sulfide) groups is 1. The molecule has 0 fully saturated rings. The van der Waals surface area contributed by atoms with Crippen molar-refractivity contribution >= 4 is 40.3 Å². The molecular weight excluding hydrogens is 464 g/mol. The quantitative estimate of drug-likeness (QED) is 0.225. The minimum absolute atomic E-state index is 0.256. The predicted molar refractivity (Wildman–Crippen MR) is 139 cm³/mol. The molecule has 0 bridgehead atoms. The van der Waals surface area contributed by atoms with Crippen molar-refractivity contribution in [2.24, 2.45) is 0 Å². The van der Waals surface area contributed by atoms with E-state index >= 15 is 0 Å². The lowest BCUT2D eigenvalue weighted by Gasteiger charge is -2.12. The molecule has 3 aromatic carbocycles. The zero-order valence-corrected chi connectivity index (χ0v) is 19.8. The van der Waals surface area contributed by atoms with Crippen LogP contribution in [-0.4, -0.2) is 25.5 Å². The van der Waals surface area contributed by atoms with E-state index in [0.717, 1.165) is 27.5 Å². The van der Waals surface area contributed by atoms with Gasteiger partial charge < -0.3 is 4.74 Å². The fourth-order valence-electron chi connectivity index (χ4n) is 3.54. The number of pyridine rings is 1. The number of rotatable bonds is 8. The first kappa shape index (κ1) is 22.2. The Morgan fingerprint density at radius 1 is 0.882 bits per heavy atom. The third-order valence-corrected chi connectivity index (χ3v) is 6.29. The number of hydrogen-bond acceptors (Lipinski definition) is 5. The molecule has 2 heterocycles. The minimum atomic E-state index is 0.256. The highest BCUT2D eigenvalue weighted by Gasteiger charge is 2.15. The minimum Gasteiger partial charge on any atom is -0.483 e. The molecule has 5 aromatic rings. The van der Waals surface area contributed by atoms with Crippen molar-refractivity contribution in [1.29, 1.82) is 0 Å². The Balaban J connectivity index is 1.38. The summed E-state index contributed by atoms with van der Waals surface area (Å²) in [5.41, 5.74) is 2.92. The van der Waals surface area contributed by atoms with Gasteiger partial charge in [0.15, 0.2) is 11.0 Å². The van der Waals surface area contributed by atoms with Gasteiger partial charge in [0.1, 0.15) is 17.9 Å². The van der Waals surface area contributed by atoms with Crippen LogP contribution in [0.1, 0.15) is 11.4 Å². The number of benzene rings is 3. The van der Waals surface area contributed by atoms with E-state index in [-0.39, 0.29) is 6.61 Å². The largest absolute Gasteiger partial charge is 0.483 e. The summed E-state index contributed by atoms with van der Waals surface area (Å²) >= 11 is 7.74. The summed E-state index contributed by atoms with van der Waals surface area (Å²) in [7, 11) is 0. The van der Waals surface area contributed by atoms with Crippen LogP contribution in [0.4, 0.5) is 0 Å². The van der Waals surface area contributed by atoms with Crippen LogP contribution in [0.3, 0.4) is 0 Å². The molecule has 0 radical (unpaired) electrons. The van der Waals surface area contributed by atoms with Gasteiger partial charge in [0.2, 0.25) is 0 Å². The van der Waals surface area contributed by atoms with E-state index in [4.69, 9.17) is 16.3 Å². The van der Waals surface area contributed by atoms with E-state index < -0.39 is 0 Å². The fourth-order valence-corrected chi connectivity index (χ4v) is 4.45. The molecule has 0 atom stereocenters. The highest BCUT2D eigenvalue weighted by Crippen LogP contribution is 2.27. The van der Waals surface area contributed by atoms with Gasteiger partial charge in [-0.3, -0.25) is 9.55 Å². The van der Waals surface area contributed by atoms with Crippen LogP contribution in [0.5, 0.6) is 5.75 Å². The highest BCUT2D eigenvalue weighted by molar-refractivity contribution is 7.99. The van der Waals surface area contributed by atoms with Gasteiger partial charge in [0, 0.05) is 28.0 Å². The van der Waals surface area contributed by atoms with Gasteiger partial charge in [0.05, 0.1) is 0 Å². The summed E-state index contributed by atoms with van der Waals surface area (Å²) < 4.78 is 8.16. The number of para-hydroxylation sites is 1. The second-order valence-electron chi connectivity index (χ2n) is 7.45. The van der Waals surface area contributed by atoms with Gasteiger partial charge in [-0.25, -0.2) is 0 Å². The number of aromatic nitrogens is 4. The van der Waals surface area contributed by atoms with Crippen molar-refractivity contribution in [2.75, 3.05) is 5.75 Å². The molecule has 0 unspecified atom stereocenters. The molecule has 0 amide bonds. The number of fused-ring (bicyclic) bond motifs is 1. The molecule has 0 saturated heterocycles. The molecule has 0 saturated carbocycles. The van der Waals surface area contributed by atoms with E-state index in [1.165, 1.54) is 5.56 Å².